The highest BCUT2D eigenvalue weighted by Crippen LogP contribution is 2.49. The monoisotopic (exact) mass is 213 g/mol. The fraction of sp³-hybridized carbons (Fsp3) is 0.571. The minimum atomic E-state index is -2.66. The van der Waals surface area contributed by atoms with Gasteiger partial charge in [0.2, 0.25) is 5.82 Å². The molecule has 0 spiro atoms. The van der Waals surface area contributed by atoms with Gasteiger partial charge in [-0.3, -0.25) is 0 Å². The van der Waals surface area contributed by atoms with Crippen LogP contribution < -0.4 is 0 Å². The fourth-order valence-electron chi connectivity index (χ4n) is 1.29. The normalized spacial score (nSPS) is 22.4. The summed E-state index contributed by atoms with van der Waals surface area (Å²) in [5, 5.41) is 3.65. The smallest absolute Gasteiger partial charge is 0.379 e. The summed E-state index contributed by atoms with van der Waals surface area (Å²) >= 11 is 0. The Balaban J connectivity index is 2.09. The Morgan fingerprint density at radius 2 is 2.47 bits per heavy atom. The molecule has 1 aliphatic carbocycles. The summed E-state index contributed by atoms with van der Waals surface area (Å²) in [7, 11) is 4.65. The second-order valence-corrected chi connectivity index (χ2v) is 3.33. The lowest BCUT2D eigenvalue weighted by molar-refractivity contribution is 0.0719. The standard InChI is InChI=1S/C7H6BF2N3O2/c8-15-6(14)5-11-3-12-13(5)2-4-1-7(4,9)10/h3-4H,1-2H2. The SMILES string of the molecule is [B]OC(=O)c1ncnn1CC1CC1(F)F. The van der Waals surface area contributed by atoms with Crippen LogP contribution in [-0.2, 0) is 11.2 Å². The van der Waals surface area contributed by atoms with E-state index >= 15 is 0 Å². The Morgan fingerprint density at radius 1 is 1.80 bits per heavy atom. The lowest BCUT2D eigenvalue weighted by Gasteiger charge is -2.03. The van der Waals surface area contributed by atoms with Crippen LogP contribution >= 0.6 is 0 Å². The van der Waals surface area contributed by atoms with Crippen LogP contribution in [0.4, 0.5) is 8.78 Å². The molecule has 0 aromatic carbocycles. The van der Waals surface area contributed by atoms with Crippen molar-refractivity contribution in [2.75, 3.05) is 0 Å². The highest BCUT2D eigenvalue weighted by Gasteiger charge is 2.57. The summed E-state index contributed by atoms with van der Waals surface area (Å²) in [6, 6.07) is 0. The maximum absolute atomic E-state index is 12.6. The molecule has 78 valence electrons. The molecule has 1 atom stereocenters. The highest BCUT2D eigenvalue weighted by molar-refractivity contribution is 6.08. The number of hydrogen-bond acceptors (Lipinski definition) is 4. The molecule has 1 unspecified atom stereocenters. The third-order valence-electron chi connectivity index (χ3n) is 2.25. The molecule has 0 amide bonds. The van der Waals surface area contributed by atoms with Crippen LogP contribution in [-0.4, -0.2) is 34.7 Å². The van der Waals surface area contributed by atoms with E-state index in [1.807, 2.05) is 0 Å². The van der Waals surface area contributed by atoms with Gasteiger partial charge in [-0.05, 0) is 0 Å². The second-order valence-electron chi connectivity index (χ2n) is 3.33. The average Bonchev–Trinajstić information content (AvgIpc) is 2.65. The molecule has 5 nitrogen and oxygen atoms in total. The number of aromatic nitrogens is 3. The third-order valence-corrected chi connectivity index (χ3v) is 2.25. The molecule has 8 heteroatoms. The molecule has 2 radical (unpaired) electrons. The highest BCUT2D eigenvalue weighted by atomic mass is 19.3. The average molecular weight is 213 g/mol. The van der Waals surface area contributed by atoms with Crippen LogP contribution in [0, 0.1) is 5.92 Å². The molecule has 0 bridgehead atoms. The van der Waals surface area contributed by atoms with Gasteiger partial charge in [0.15, 0.2) is 0 Å². The minimum absolute atomic E-state index is 0.0581. The molecule has 15 heavy (non-hydrogen) atoms. The van der Waals surface area contributed by atoms with Gasteiger partial charge in [0.05, 0.1) is 6.54 Å². The number of halogens is 2. The van der Waals surface area contributed by atoms with E-state index in [1.54, 1.807) is 0 Å². The van der Waals surface area contributed by atoms with Crippen molar-refractivity contribution in [3.8, 4) is 0 Å². The first-order valence-electron chi connectivity index (χ1n) is 4.21. The summed E-state index contributed by atoms with van der Waals surface area (Å²) in [6.07, 6.45) is 0.900. The van der Waals surface area contributed by atoms with E-state index in [0.29, 0.717) is 0 Å². The van der Waals surface area contributed by atoms with E-state index in [-0.39, 0.29) is 18.8 Å². The van der Waals surface area contributed by atoms with Gasteiger partial charge in [-0.15, -0.1) is 0 Å². The quantitative estimate of drug-likeness (QED) is 0.671. The lowest BCUT2D eigenvalue weighted by atomic mass is 10.4. The molecule has 1 aromatic heterocycles. The van der Waals surface area contributed by atoms with Gasteiger partial charge < -0.3 is 4.65 Å². The van der Waals surface area contributed by atoms with Crippen molar-refractivity contribution in [1.29, 1.82) is 0 Å². The van der Waals surface area contributed by atoms with Gasteiger partial charge in [0.1, 0.15) is 6.33 Å². The molecule has 1 aromatic rings. The molecule has 1 heterocycles. The van der Waals surface area contributed by atoms with Gasteiger partial charge >= 0.3 is 14.0 Å². The minimum Gasteiger partial charge on any atom is -0.538 e. The second kappa shape index (κ2) is 3.28. The molecule has 2 rings (SSSR count). The zero-order chi connectivity index (χ0) is 11.1. The van der Waals surface area contributed by atoms with E-state index in [4.69, 9.17) is 0 Å². The van der Waals surface area contributed by atoms with E-state index in [1.165, 1.54) is 0 Å². The van der Waals surface area contributed by atoms with Gasteiger partial charge in [-0.25, -0.2) is 23.2 Å². The van der Waals surface area contributed by atoms with Crippen molar-refractivity contribution in [3.05, 3.63) is 12.2 Å². The molecule has 1 aliphatic rings. The van der Waals surface area contributed by atoms with E-state index < -0.39 is 17.8 Å². The topological polar surface area (TPSA) is 57.0 Å². The maximum Gasteiger partial charge on any atom is 0.379 e. The van der Waals surface area contributed by atoms with Crippen LogP contribution in [0.5, 0.6) is 0 Å². The number of rotatable bonds is 3. The Labute approximate surface area is 84.9 Å². The summed E-state index contributed by atoms with van der Waals surface area (Å²) in [4.78, 5) is 14.6. The first kappa shape index (κ1) is 10.1. The summed E-state index contributed by atoms with van der Waals surface area (Å²) in [5.74, 6) is -4.50. The molecular formula is C7H6BF2N3O2. The van der Waals surface area contributed by atoms with Crippen LogP contribution in [0.3, 0.4) is 0 Å². The van der Waals surface area contributed by atoms with E-state index in [2.05, 4.69) is 22.8 Å². The Kier molecular flexibility index (Phi) is 2.20. The Morgan fingerprint density at radius 3 is 3.00 bits per heavy atom. The van der Waals surface area contributed by atoms with Gasteiger partial charge in [-0.1, -0.05) is 0 Å². The van der Waals surface area contributed by atoms with Gasteiger partial charge in [0, 0.05) is 12.3 Å². The van der Waals surface area contributed by atoms with Crippen molar-refractivity contribution < 1.29 is 18.2 Å². The summed E-state index contributed by atoms with van der Waals surface area (Å²) in [6.45, 7) is -0.0581. The maximum atomic E-state index is 12.6. The number of nitrogens with zero attached hydrogens (tertiary/aromatic N) is 3. The lowest BCUT2D eigenvalue weighted by Crippen LogP contribution is -2.16. The zero-order valence-electron chi connectivity index (χ0n) is 7.56. The largest absolute Gasteiger partial charge is 0.538 e. The van der Waals surface area contributed by atoms with Crippen LogP contribution in [0.25, 0.3) is 0 Å². The number of hydrogen-bond donors (Lipinski definition) is 0. The fourth-order valence-corrected chi connectivity index (χ4v) is 1.29. The molecule has 0 aliphatic heterocycles. The van der Waals surface area contributed by atoms with Gasteiger partial charge in [0.25, 0.3) is 5.92 Å². The van der Waals surface area contributed by atoms with Crippen molar-refractivity contribution in [2.24, 2.45) is 5.92 Å². The molecule has 1 saturated carbocycles. The predicted octanol–water partition coefficient (Wildman–Crippen LogP) is 0.174. The molecule has 0 N–H and O–H groups in total. The van der Waals surface area contributed by atoms with Crippen molar-refractivity contribution >= 4 is 14.0 Å². The number of alkyl halides is 2. The third kappa shape index (κ3) is 1.83. The van der Waals surface area contributed by atoms with Crippen LogP contribution in [0.1, 0.15) is 17.0 Å². The van der Waals surface area contributed by atoms with Crippen LogP contribution in [0.2, 0.25) is 0 Å². The first-order valence-corrected chi connectivity index (χ1v) is 4.21. The van der Waals surface area contributed by atoms with Crippen molar-refractivity contribution in [2.45, 2.75) is 18.9 Å². The molecule has 0 saturated heterocycles. The van der Waals surface area contributed by atoms with Crippen molar-refractivity contribution in [1.82, 2.24) is 14.8 Å². The first-order chi connectivity index (χ1) is 7.04. The molecule has 1 fully saturated rings. The Hall–Kier alpha value is -1.47. The summed E-state index contributed by atoms with van der Waals surface area (Å²) < 4.78 is 30.2. The van der Waals surface area contributed by atoms with Crippen LogP contribution in [0.15, 0.2) is 6.33 Å². The number of carbonyl (C=O) groups is 1. The predicted molar refractivity (Wildman–Crippen MR) is 44.2 cm³/mol. The summed E-state index contributed by atoms with van der Waals surface area (Å²) in [5.41, 5.74) is 0. The Bertz CT molecular complexity index is 395. The van der Waals surface area contributed by atoms with Gasteiger partial charge in [-0.2, -0.15) is 5.10 Å². The number of carbonyl (C=O) groups excluding carboxylic acids is 1. The zero-order valence-corrected chi connectivity index (χ0v) is 7.56. The van der Waals surface area contributed by atoms with E-state index in [0.717, 1.165) is 11.0 Å². The molecular weight excluding hydrogens is 207 g/mol. The van der Waals surface area contributed by atoms with E-state index in [9.17, 15) is 13.6 Å². The van der Waals surface area contributed by atoms with Crippen molar-refractivity contribution in [3.63, 3.8) is 0 Å².